The summed E-state index contributed by atoms with van der Waals surface area (Å²) in [4.78, 5) is 43.5. The minimum Gasteiger partial charge on any atom is -0.506 e. The number of nitrogens with one attached hydrogen (secondary N) is 3. The SMILES string of the molecule is COC(=O)c1ccc(B2N=c3/c(=C4\C(=O)C(c5ccc6cccc7c6c5NB(c5ccc(C(=O)OC)cc5)N7)=C4O)ccc4cccc(c34)N2)cc1. The second-order valence-electron chi connectivity index (χ2n) is 12.8. The predicted octanol–water partition coefficient (Wildman–Crippen LogP) is 3.94. The number of methoxy groups -OCH3 is 2. The van der Waals surface area contributed by atoms with E-state index in [2.05, 4.69) is 15.7 Å². The summed E-state index contributed by atoms with van der Waals surface area (Å²) in [5, 5.41) is 27.2. The highest BCUT2D eigenvalue weighted by molar-refractivity contribution is 6.80. The first kappa shape index (κ1) is 31.2. The van der Waals surface area contributed by atoms with Crippen molar-refractivity contribution in [3.63, 3.8) is 0 Å². The van der Waals surface area contributed by atoms with Gasteiger partial charge in [-0.3, -0.25) is 4.79 Å². The van der Waals surface area contributed by atoms with Gasteiger partial charge in [0, 0.05) is 38.6 Å². The van der Waals surface area contributed by atoms with Gasteiger partial charge in [-0.1, -0.05) is 72.8 Å². The maximum atomic E-state index is 14.3. The van der Waals surface area contributed by atoms with Crippen LogP contribution in [-0.2, 0) is 14.3 Å². The van der Waals surface area contributed by atoms with Gasteiger partial charge in [0.05, 0.1) is 41.8 Å². The van der Waals surface area contributed by atoms with E-state index in [0.29, 0.717) is 33.0 Å². The zero-order chi connectivity index (χ0) is 35.7. The second kappa shape index (κ2) is 11.9. The topological polar surface area (TPSA) is 138 Å². The number of hydrogen-bond acceptors (Lipinski definition) is 10. The first-order chi connectivity index (χ1) is 25.3. The Kier molecular flexibility index (Phi) is 7.14. The van der Waals surface area contributed by atoms with Crippen LogP contribution in [0.2, 0.25) is 0 Å². The van der Waals surface area contributed by atoms with E-state index in [-0.39, 0.29) is 29.7 Å². The van der Waals surface area contributed by atoms with Crippen LogP contribution in [0.15, 0.2) is 120 Å². The lowest BCUT2D eigenvalue weighted by atomic mass is 9.65. The quantitative estimate of drug-likeness (QED) is 0.157. The third-order valence-electron chi connectivity index (χ3n) is 9.98. The lowest BCUT2D eigenvalue weighted by molar-refractivity contribution is -0.109. The zero-order valence-electron chi connectivity index (χ0n) is 28.0. The summed E-state index contributed by atoms with van der Waals surface area (Å²) in [6.07, 6.45) is 0. The zero-order valence-corrected chi connectivity index (χ0v) is 28.0. The molecule has 0 saturated carbocycles. The van der Waals surface area contributed by atoms with E-state index in [4.69, 9.17) is 14.4 Å². The number of esters is 2. The van der Waals surface area contributed by atoms with E-state index >= 15 is 0 Å². The standard InChI is InChI=1S/C40H28B2N4O6/c1-51-39(49)23-9-15-25(16-10-23)41-43-29-7-3-5-21-13-19-27(35(45-41)31(21)29)33-37(47)34(38(33)48)28-20-14-22-6-4-8-30-32(22)36(28)46-42(44-30)26-17-11-24(12-18-26)40(50)52-2/h3-20,43-45,47H,1-2H3/b34-28-. The highest BCUT2D eigenvalue weighted by atomic mass is 16.5. The molecule has 52 heavy (non-hydrogen) atoms. The third kappa shape index (κ3) is 4.75. The molecule has 0 atom stereocenters. The number of rotatable bonds is 5. The molecule has 10 nitrogen and oxygen atoms in total. The van der Waals surface area contributed by atoms with Crippen LogP contribution >= 0.6 is 0 Å². The van der Waals surface area contributed by atoms with Crippen molar-refractivity contribution in [1.82, 2.24) is 0 Å². The molecule has 4 N–H and O–H groups in total. The molecule has 0 fully saturated rings. The van der Waals surface area contributed by atoms with Gasteiger partial charge in [0.2, 0.25) is 5.78 Å². The van der Waals surface area contributed by atoms with Crippen LogP contribution in [0.25, 0.3) is 32.7 Å². The highest BCUT2D eigenvalue weighted by Crippen LogP contribution is 2.45. The molecule has 0 amide bonds. The summed E-state index contributed by atoms with van der Waals surface area (Å²) in [5.41, 5.74) is 5.99. The van der Waals surface area contributed by atoms with Gasteiger partial charge in [-0.2, -0.15) is 0 Å². The van der Waals surface area contributed by atoms with E-state index in [1.54, 1.807) is 24.3 Å². The fraction of sp³-hybridized carbons (Fsp3) is 0.0500. The number of ketones is 1. The molecule has 12 heteroatoms. The van der Waals surface area contributed by atoms with Gasteiger partial charge in [-0.25, -0.2) is 9.59 Å². The van der Waals surface area contributed by atoms with E-state index in [9.17, 15) is 19.5 Å². The van der Waals surface area contributed by atoms with E-state index in [1.807, 2.05) is 84.9 Å². The Morgan fingerprint density at radius 3 is 1.88 bits per heavy atom. The summed E-state index contributed by atoms with van der Waals surface area (Å²) >= 11 is 0. The molecule has 0 radical (unpaired) electrons. The number of Topliss-reactive ketones (excluding diaryl/α,β-unsaturated/α-hetero) is 1. The van der Waals surface area contributed by atoms with Crippen LogP contribution in [0.5, 0.6) is 0 Å². The average molecular weight is 682 g/mol. The van der Waals surface area contributed by atoms with Crippen LogP contribution in [-0.4, -0.2) is 51.0 Å². The Morgan fingerprint density at radius 1 is 0.654 bits per heavy atom. The molecule has 3 aliphatic rings. The summed E-state index contributed by atoms with van der Waals surface area (Å²) in [7, 11) is 2.69. The molecule has 0 bridgehead atoms. The van der Waals surface area contributed by atoms with Crippen molar-refractivity contribution in [2.75, 3.05) is 29.9 Å². The van der Waals surface area contributed by atoms with Crippen LogP contribution < -0.4 is 37.2 Å². The first-order valence-corrected chi connectivity index (χ1v) is 16.7. The molecular weight excluding hydrogens is 654 g/mol. The fourth-order valence-corrected chi connectivity index (χ4v) is 7.39. The lowest BCUT2D eigenvalue weighted by Crippen LogP contribution is -2.48. The van der Waals surface area contributed by atoms with Crippen LogP contribution in [0.4, 0.5) is 17.1 Å². The molecule has 0 aromatic heterocycles. The Hall–Kier alpha value is -6.81. The van der Waals surface area contributed by atoms with Crippen LogP contribution in [0.1, 0.15) is 26.3 Å². The normalized spacial score (nSPS) is 15.3. The lowest BCUT2D eigenvalue weighted by Gasteiger charge is -2.31. The molecule has 1 aliphatic carbocycles. The Morgan fingerprint density at radius 2 is 1.25 bits per heavy atom. The first-order valence-electron chi connectivity index (χ1n) is 16.7. The monoisotopic (exact) mass is 682 g/mol. The number of nitrogens with zero attached hydrogens (tertiary/aromatic N) is 1. The number of benzene rings is 6. The molecule has 6 aromatic rings. The minimum absolute atomic E-state index is 0.0989. The van der Waals surface area contributed by atoms with E-state index in [0.717, 1.165) is 43.8 Å². The smallest absolute Gasteiger partial charge is 0.427 e. The number of hydrogen-bond donors (Lipinski definition) is 4. The molecule has 6 aromatic carbocycles. The van der Waals surface area contributed by atoms with Gasteiger partial charge in [-0.05, 0) is 58.1 Å². The minimum atomic E-state index is -0.508. The summed E-state index contributed by atoms with van der Waals surface area (Å²) in [6.45, 7) is -0.897. The molecule has 0 saturated heterocycles. The van der Waals surface area contributed by atoms with Gasteiger partial charge >= 0.3 is 25.9 Å². The Bertz CT molecular complexity index is 2710. The largest absolute Gasteiger partial charge is 0.506 e. The van der Waals surface area contributed by atoms with Crippen molar-refractivity contribution in [3.05, 3.63) is 142 Å². The van der Waals surface area contributed by atoms with Crippen molar-refractivity contribution in [2.45, 2.75) is 0 Å². The van der Waals surface area contributed by atoms with Crippen molar-refractivity contribution in [3.8, 4) is 0 Å². The number of aliphatic hydroxyl groups is 1. The van der Waals surface area contributed by atoms with Gasteiger partial charge in [0.1, 0.15) is 5.76 Å². The number of anilines is 3. The van der Waals surface area contributed by atoms with E-state index in [1.165, 1.54) is 14.2 Å². The number of carbonyl (C=O) groups is 3. The van der Waals surface area contributed by atoms with Gasteiger partial charge in [0.15, 0.2) is 0 Å². The van der Waals surface area contributed by atoms with Crippen molar-refractivity contribution >= 4 is 92.4 Å². The van der Waals surface area contributed by atoms with Gasteiger partial charge in [-0.15, -0.1) is 0 Å². The van der Waals surface area contributed by atoms with Crippen LogP contribution in [0, 0.1) is 0 Å². The number of carbonyl (C=O) groups excluding carboxylic acids is 3. The maximum Gasteiger partial charge on any atom is 0.427 e. The summed E-state index contributed by atoms with van der Waals surface area (Å²) < 4.78 is 9.71. The second-order valence-corrected chi connectivity index (χ2v) is 12.8. The Balaban J connectivity index is 1.17. The molecule has 2 aliphatic heterocycles. The van der Waals surface area contributed by atoms with E-state index < -0.39 is 18.9 Å². The molecular formula is C40H28B2N4O6. The number of aliphatic hydroxyl groups excluding tert-OH is 1. The molecule has 2 heterocycles. The molecule has 250 valence electrons. The third-order valence-corrected chi connectivity index (χ3v) is 9.98. The average Bonchev–Trinajstić information content (AvgIpc) is 3.19. The predicted molar refractivity (Wildman–Crippen MR) is 204 cm³/mol. The van der Waals surface area contributed by atoms with Gasteiger partial charge in [0.25, 0.3) is 0 Å². The van der Waals surface area contributed by atoms with Crippen molar-refractivity contribution in [1.29, 1.82) is 0 Å². The van der Waals surface area contributed by atoms with Crippen molar-refractivity contribution in [2.24, 2.45) is 4.90 Å². The molecule has 0 unspecified atom stereocenters. The maximum absolute atomic E-state index is 14.3. The number of allylic oxidation sites excluding steroid dienone is 2. The van der Waals surface area contributed by atoms with Crippen LogP contribution in [0.3, 0.4) is 0 Å². The highest BCUT2D eigenvalue weighted by Gasteiger charge is 2.39. The number of ether oxygens (including phenoxy) is 2. The molecule has 0 spiro atoms. The van der Waals surface area contributed by atoms with Crippen molar-refractivity contribution < 1.29 is 29.0 Å². The fourth-order valence-electron chi connectivity index (χ4n) is 7.39. The molecule has 9 rings (SSSR count). The summed E-state index contributed by atoms with van der Waals surface area (Å²) in [5.74, 6) is -1.23. The summed E-state index contributed by atoms with van der Waals surface area (Å²) in [6, 6.07) is 33.6. The van der Waals surface area contributed by atoms with Gasteiger partial charge < -0.3 is 35.2 Å². The Labute approximate surface area is 297 Å².